The van der Waals surface area contributed by atoms with Crippen LogP contribution < -0.4 is 14.8 Å². The molecule has 1 fully saturated rings. The lowest BCUT2D eigenvalue weighted by Gasteiger charge is -2.35. The Labute approximate surface area is 203 Å². The van der Waals surface area contributed by atoms with Gasteiger partial charge in [-0.3, -0.25) is 14.5 Å². The van der Waals surface area contributed by atoms with E-state index in [2.05, 4.69) is 5.32 Å². The summed E-state index contributed by atoms with van der Waals surface area (Å²) in [6.07, 6.45) is 1.71. The van der Waals surface area contributed by atoms with Gasteiger partial charge in [-0.05, 0) is 67.8 Å². The largest absolute Gasteiger partial charge is 0.494 e. The number of benzene rings is 2. The molecule has 9 heteroatoms. The van der Waals surface area contributed by atoms with Gasteiger partial charge in [-0.25, -0.2) is 0 Å². The molecule has 0 saturated carbocycles. The molecule has 1 heterocycles. The number of nitrogens with zero attached hydrogens (tertiary/aromatic N) is 1. The zero-order valence-corrected chi connectivity index (χ0v) is 19.9. The molecule has 7 nitrogen and oxygen atoms in total. The number of aliphatic carboxylic acids is 1. The van der Waals surface area contributed by atoms with Gasteiger partial charge in [0.05, 0.1) is 6.61 Å². The molecule has 1 unspecified atom stereocenters. The first-order chi connectivity index (χ1) is 15.8. The van der Waals surface area contributed by atoms with Crippen LogP contribution in [0.3, 0.4) is 0 Å². The van der Waals surface area contributed by atoms with Crippen LogP contribution in [0.25, 0.3) is 0 Å². The van der Waals surface area contributed by atoms with Crippen LogP contribution in [0.2, 0.25) is 10.0 Å². The average molecular weight is 495 g/mol. The van der Waals surface area contributed by atoms with Crippen molar-refractivity contribution in [2.75, 3.05) is 26.3 Å². The van der Waals surface area contributed by atoms with Crippen molar-refractivity contribution in [3.63, 3.8) is 0 Å². The summed E-state index contributed by atoms with van der Waals surface area (Å²) in [5.74, 6) is 0.170. The highest BCUT2D eigenvalue weighted by atomic mass is 35.5. The van der Waals surface area contributed by atoms with Crippen LogP contribution in [0.15, 0.2) is 42.5 Å². The molecule has 1 atom stereocenters. The van der Waals surface area contributed by atoms with Gasteiger partial charge < -0.3 is 19.9 Å². The number of hydrogen-bond acceptors (Lipinski definition) is 5. The summed E-state index contributed by atoms with van der Waals surface area (Å²) in [6.45, 7) is 3.25. The van der Waals surface area contributed by atoms with E-state index in [-0.39, 0.29) is 25.2 Å². The van der Waals surface area contributed by atoms with Gasteiger partial charge in [0.15, 0.2) is 6.61 Å². The molecule has 33 heavy (non-hydrogen) atoms. The summed E-state index contributed by atoms with van der Waals surface area (Å²) in [7, 11) is 0. The smallest absolute Gasteiger partial charge is 0.321 e. The molecule has 1 aliphatic heterocycles. The van der Waals surface area contributed by atoms with Crippen molar-refractivity contribution < 1.29 is 24.2 Å². The fourth-order valence-electron chi connectivity index (χ4n) is 3.76. The highest BCUT2D eigenvalue weighted by molar-refractivity contribution is 6.31. The number of halogens is 2. The number of carboxylic acid groups (broad SMARTS) is 1. The summed E-state index contributed by atoms with van der Waals surface area (Å²) in [5, 5.41) is 13.9. The number of carbonyl (C=O) groups is 2. The minimum atomic E-state index is -0.871. The third-order valence-electron chi connectivity index (χ3n) is 5.59. The Kier molecular flexibility index (Phi) is 9.23. The monoisotopic (exact) mass is 494 g/mol. The van der Waals surface area contributed by atoms with Gasteiger partial charge in [0.1, 0.15) is 17.5 Å². The van der Waals surface area contributed by atoms with Crippen molar-refractivity contribution in [3.8, 4) is 11.5 Å². The van der Waals surface area contributed by atoms with E-state index in [4.69, 9.17) is 32.7 Å². The molecule has 0 spiro atoms. The Bertz CT molecular complexity index is 946. The maximum atomic E-state index is 12.3. The molecular formula is C24H28Cl2N2O5. The van der Waals surface area contributed by atoms with Crippen LogP contribution in [-0.2, 0) is 9.59 Å². The highest BCUT2D eigenvalue weighted by Gasteiger charge is 2.30. The summed E-state index contributed by atoms with van der Waals surface area (Å²) in [4.78, 5) is 26.0. The summed E-state index contributed by atoms with van der Waals surface area (Å²) in [6, 6.07) is 11.6. The minimum Gasteiger partial charge on any atom is -0.494 e. The zero-order chi connectivity index (χ0) is 23.8. The van der Waals surface area contributed by atoms with Crippen LogP contribution in [-0.4, -0.2) is 60.3 Å². The Morgan fingerprint density at radius 3 is 2.39 bits per heavy atom. The normalized spacial score (nSPS) is 15.6. The van der Waals surface area contributed by atoms with E-state index in [9.17, 15) is 14.7 Å². The highest BCUT2D eigenvalue weighted by Crippen LogP contribution is 2.21. The van der Waals surface area contributed by atoms with Crippen molar-refractivity contribution in [1.29, 1.82) is 0 Å². The maximum absolute atomic E-state index is 12.3. The number of hydrogen-bond donors (Lipinski definition) is 2. The van der Waals surface area contributed by atoms with Gasteiger partial charge in [0.2, 0.25) is 0 Å². The van der Waals surface area contributed by atoms with Gasteiger partial charge in [0, 0.05) is 35.6 Å². The Balaban J connectivity index is 1.40. The van der Waals surface area contributed by atoms with Crippen molar-refractivity contribution >= 4 is 35.1 Å². The van der Waals surface area contributed by atoms with E-state index in [1.165, 1.54) is 0 Å². The number of rotatable bonds is 10. The molecule has 3 rings (SSSR count). The first kappa shape index (κ1) is 25.1. The molecular weight excluding hydrogens is 467 g/mol. The zero-order valence-electron chi connectivity index (χ0n) is 18.4. The first-order valence-corrected chi connectivity index (χ1v) is 11.6. The Hall–Kier alpha value is -2.48. The number of piperidine rings is 1. The van der Waals surface area contributed by atoms with Crippen molar-refractivity contribution in [2.24, 2.45) is 0 Å². The molecule has 2 aromatic rings. The molecule has 178 valence electrons. The Morgan fingerprint density at radius 1 is 1.09 bits per heavy atom. The van der Waals surface area contributed by atoms with E-state index in [1.54, 1.807) is 42.5 Å². The van der Waals surface area contributed by atoms with Crippen LogP contribution in [0.4, 0.5) is 0 Å². The van der Waals surface area contributed by atoms with Gasteiger partial charge in [0.25, 0.3) is 5.91 Å². The number of nitrogens with one attached hydrogen (secondary N) is 1. The number of likely N-dealkylation sites (tertiary alicyclic amines) is 1. The number of amides is 1. The van der Waals surface area contributed by atoms with Crippen LogP contribution in [0.1, 0.15) is 24.8 Å². The summed E-state index contributed by atoms with van der Waals surface area (Å²) < 4.78 is 11.2. The molecule has 0 bridgehead atoms. The minimum absolute atomic E-state index is 0.0101. The molecule has 0 aromatic heterocycles. The standard InChI is InChI=1S/C24H28Cl2N2O5/c1-16-14-20(6-7-21(16)26)33-15-23(29)27-18-8-11-28(12-9-18)22(24(30)31)10-13-32-19-4-2-17(25)3-5-19/h2-7,14,18,22H,8-13,15H2,1H3,(H,27,29)(H,30,31). The van der Waals surface area contributed by atoms with Crippen molar-refractivity contribution in [3.05, 3.63) is 58.1 Å². The molecule has 1 aliphatic rings. The van der Waals surface area contributed by atoms with Gasteiger partial charge >= 0.3 is 5.97 Å². The number of ether oxygens (including phenoxy) is 2. The summed E-state index contributed by atoms with van der Waals surface area (Å²) in [5.41, 5.74) is 0.883. The van der Waals surface area contributed by atoms with E-state index in [0.29, 0.717) is 53.9 Å². The predicted molar refractivity (Wildman–Crippen MR) is 127 cm³/mol. The molecule has 2 aromatic carbocycles. The predicted octanol–water partition coefficient (Wildman–Crippen LogP) is 4.18. The third kappa shape index (κ3) is 7.81. The fourth-order valence-corrected chi connectivity index (χ4v) is 4.01. The lowest BCUT2D eigenvalue weighted by molar-refractivity contribution is -0.144. The van der Waals surface area contributed by atoms with E-state index in [1.807, 2.05) is 11.8 Å². The molecule has 0 aliphatic carbocycles. The number of carboxylic acids is 1. The summed E-state index contributed by atoms with van der Waals surface area (Å²) >= 11 is 11.9. The first-order valence-electron chi connectivity index (χ1n) is 10.9. The van der Waals surface area contributed by atoms with Gasteiger partial charge in [-0.1, -0.05) is 23.2 Å². The van der Waals surface area contributed by atoms with E-state index >= 15 is 0 Å². The fraction of sp³-hybridized carbons (Fsp3) is 0.417. The molecule has 2 N–H and O–H groups in total. The van der Waals surface area contributed by atoms with Crippen LogP contribution in [0, 0.1) is 6.92 Å². The number of carbonyl (C=O) groups excluding carboxylic acids is 1. The van der Waals surface area contributed by atoms with E-state index in [0.717, 1.165) is 5.56 Å². The second kappa shape index (κ2) is 12.1. The average Bonchev–Trinajstić information content (AvgIpc) is 2.79. The SMILES string of the molecule is Cc1cc(OCC(=O)NC2CCN(C(CCOc3ccc(Cl)cc3)C(=O)O)CC2)ccc1Cl. The lowest BCUT2D eigenvalue weighted by Crippen LogP contribution is -2.51. The second-order valence-corrected chi connectivity index (χ2v) is 8.87. The molecule has 0 radical (unpaired) electrons. The topological polar surface area (TPSA) is 88.1 Å². The third-order valence-corrected chi connectivity index (χ3v) is 6.27. The quantitative estimate of drug-likeness (QED) is 0.514. The van der Waals surface area contributed by atoms with E-state index < -0.39 is 12.0 Å². The maximum Gasteiger partial charge on any atom is 0.321 e. The molecule has 1 saturated heterocycles. The molecule has 1 amide bonds. The van der Waals surface area contributed by atoms with Crippen molar-refractivity contribution in [1.82, 2.24) is 10.2 Å². The second-order valence-electron chi connectivity index (χ2n) is 8.02. The Morgan fingerprint density at radius 2 is 1.76 bits per heavy atom. The number of aryl methyl sites for hydroxylation is 1. The van der Waals surface area contributed by atoms with Gasteiger partial charge in [-0.15, -0.1) is 0 Å². The van der Waals surface area contributed by atoms with Gasteiger partial charge in [-0.2, -0.15) is 0 Å². The van der Waals surface area contributed by atoms with Crippen LogP contribution >= 0.6 is 23.2 Å². The van der Waals surface area contributed by atoms with Crippen molar-refractivity contribution in [2.45, 2.75) is 38.3 Å². The van der Waals surface area contributed by atoms with Crippen LogP contribution in [0.5, 0.6) is 11.5 Å². The lowest BCUT2D eigenvalue weighted by atomic mass is 10.0.